The summed E-state index contributed by atoms with van der Waals surface area (Å²) in [6, 6.07) is 17.4. The molecule has 0 radical (unpaired) electrons. The standard InChI is InChI=1S/C26H27ClN2O4S/c1-26(2,16-17-5-11-20(27)12-6-17)29-25(33)21(13-14-23(30)31)28-24(32)19-9-7-18(8-10-19)22-4-3-15-34-22/h3-12,15,21H,13-14,16H2,1-2H3,(H,28,32)(H,29,33)(H,30,31)/t21-/m0/s1. The van der Waals surface area contributed by atoms with E-state index in [4.69, 9.17) is 16.7 Å². The zero-order chi connectivity index (χ0) is 24.7. The summed E-state index contributed by atoms with van der Waals surface area (Å²) in [6.45, 7) is 3.75. The lowest BCUT2D eigenvalue weighted by molar-refractivity contribution is -0.137. The lowest BCUT2D eigenvalue weighted by atomic mass is 9.94. The van der Waals surface area contributed by atoms with Crippen LogP contribution in [0.1, 0.15) is 42.6 Å². The van der Waals surface area contributed by atoms with E-state index in [2.05, 4.69) is 10.6 Å². The maximum Gasteiger partial charge on any atom is 0.303 e. The van der Waals surface area contributed by atoms with E-state index in [9.17, 15) is 14.4 Å². The van der Waals surface area contributed by atoms with Crippen molar-refractivity contribution in [2.45, 2.75) is 44.7 Å². The predicted molar refractivity (Wildman–Crippen MR) is 135 cm³/mol. The zero-order valence-electron chi connectivity index (χ0n) is 19.0. The van der Waals surface area contributed by atoms with Crippen LogP contribution in [-0.4, -0.2) is 34.5 Å². The monoisotopic (exact) mass is 498 g/mol. The molecule has 2 amide bonds. The average molecular weight is 499 g/mol. The van der Waals surface area contributed by atoms with Crippen LogP contribution >= 0.6 is 22.9 Å². The molecular formula is C26H27ClN2O4S. The Bertz CT molecular complexity index is 1130. The number of halogens is 1. The van der Waals surface area contributed by atoms with Gasteiger partial charge in [-0.15, -0.1) is 11.3 Å². The Morgan fingerprint density at radius 2 is 1.71 bits per heavy atom. The van der Waals surface area contributed by atoms with Crippen LogP contribution < -0.4 is 10.6 Å². The molecule has 0 unspecified atom stereocenters. The second-order valence-electron chi connectivity index (χ2n) is 8.69. The fourth-order valence-electron chi connectivity index (χ4n) is 3.58. The lowest BCUT2D eigenvalue weighted by Crippen LogP contribution is -2.54. The summed E-state index contributed by atoms with van der Waals surface area (Å²) in [5, 5.41) is 17.4. The van der Waals surface area contributed by atoms with Crippen LogP contribution in [-0.2, 0) is 16.0 Å². The highest BCUT2D eigenvalue weighted by molar-refractivity contribution is 7.13. The van der Waals surface area contributed by atoms with E-state index in [1.54, 1.807) is 35.6 Å². The molecule has 0 fully saturated rings. The highest BCUT2D eigenvalue weighted by Gasteiger charge is 2.28. The maximum atomic E-state index is 13.1. The van der Waals surface area contributed by atoms with Crippen molar-refractivity contribution in [3.8, 4) is 10.4 Å². The topological polar surface area (TPSA) is 95.5 Å². The summed E-state index contributed by atoms with van der Waals surface area (Å²) in [5.41, 5.74) is 1.76. The van der Waals surface area contributed by atoms with Crippen molar-refractivity contribution in [1.29, 1.82) is 0 Å². The summed E-state index contributed by atoms with van der Waals surface area (Å²) in [5.74, 6) is -1.89. The van der Waals surface area contributed by atoms with Crippen molar-refractivity contribution in [3.63, 3.8) is 0 Å². The van der Waals surface area contributed by atoms with E-state index < -0.39 is 29.4 Å². The van der Waals surface area contributed by atoms with E-state index >= 15 is 0 Å². The molecule has 8 heteroatoms. The molecule has 6 nitrogen and oxygen atoms in total. The second-order valence-corrected chi connectivity index (χ2v) is 10.1. The number of hydrogen-bond acceptors (Lipinski definition) is 4. The Kier molecular flexibility index (Phi) is 8.47. The molecule has 0 aliphatic rings. The van der Waals surface area contributed by atoms with Gasteiger partial charge in [-0.1, -0.05) is 41.9 Å². The third-order valence-electron chi connectivity index (χ3n) is 5.24. The van der Waals surface area contributed by atoms with Gasteiger partial charge in [0.15, 0.2) is 0 Å². The summed E-state index contributed by atoms with van der Waals surface area (Å²) >= 11 is 7.55. The van der Waals surface area contributed by atoms with Gasteiger partial charge in [0.05, 0.1) is 0 Å². The highest BCUT2D eigenvalue weighted by Crippen LogP contribution is 2.24. The molecule has 178 valence electrons. The Labute approximate surface area is 208 Å². The van der Waals surface area contributed by atoms with Crippen LogP contribution in [0.2, 0.25) is 5.02 Å². The third kappa shape index (κ3) is 7.43. The van der Waals surface area contributed by atoms with Crippen molar-refractivity contribution >= 4 is 40.7 Å². The van der Waals surface area contributed by atoms with Crippen LogP contribution in [0.15, 0.2) is 66.0 Å². The Hall–Kier alpha value is -3.16. The van der Waals surface area contributed by atoms with Gasteiger partial charge < -0.3 is 15.7 Å². The molecule has 0 bridgehead atoms. The molecular weight excluding hydrogens is 472 g/mol. The number of carboxylic acids is 1. The molecule has 2 aromatic carbocycles. The summed E-state index contributed by atoms with van der Waals surface area (Å²) in [6.07, 6.45) is 0.282. The van der Waals surface area contributed by atoms with Crippen molar-refractivity contribution < 1.29 is 19.5 Å². The summed E-state index contributed by atoms with van der Waals surface area (Å²) in [7, 11) is 0. The van der Waals surface area contributed by atoms with Crippen molar-refractivity contribution in [2.24, 2.45) is 0 Å². The molecule has 34 heavy (non-hydrogen) atoms. The quantitative estimate of drug-likeness (QED) is 0.359. The first kappa shape index (κ1) is 25.5. The largest absolute Gasteiger partial charge is 0.481 e. The minimum Gasteiger partial charge on any atom is -0.481 e. The van der Waals surface area contributed by atoms with Crippen molar-refractivity contribution in [3.05, 3.63) is 82.2 Å². The third-order valence-corrected chi connectivity index (χ3v) is 6.41. The molecule has 1 aromatic heterocycles. The molecule has 3 N–H and O–H groups in total. The molecule has 0 saturated heterocycles. The smallest absolute Gasteiger partial charge is 0.303 e. The number of benzene rings is 2. The number of amides is 2. The van der Waals surface area contributed by atoms with Gasteiger partial charge in [-0.05, 0) is 73.5 Å². The number of nitrogens with one attached hydrogen (secondary N) is 2. The average Bonchev–Trinajstić information content (AvgIpc) is 3.32. The Balaban J connectivity index is 1.68. The van der Waals surface area contributed by atoms with Crippen LogP contribution in [0.5, 0.6) is 0 Å². The minimum atomic E-state index is -1.03. The van der Waals surface area contributed by atoms with E-state index in [1.807, 2.05) is 55.6 Å². The number of carbonyl (C=O) groups excluding carboxylic acids is 2. The molecule has 1 heterocycles. The maximum absolute atomic E-state index is 13.1. The van der Waals surface area contributed by atoms with Crippen molar-refractivity contribution in [2.75, 3.05) is 0 Å². The molecule has 0 spiro atoms. The molecule has 3 aromatic rings. The van der Waals surface area contributed by atoms with E-state index in [0.29, 0.717) is 17.0 Å². The lowest BCUT2D eigenvalue weighted by Gasteiger charge is -2.29. The van der Waals surface area contributed by atoms with Crippen LogP contribution in [0.4, 0.5) is 0 Å². The molecule has 0 aliphatic carbocycles. The minimum absolute atomic E-state index is 0.0167. The van der Waals surface area contributed by atoms with Crippen LogP contribution in [0.3, 0.4) is 0 Å². The van der Waals surface area contributed by atoms with Crippen LogP contribution in [0.25, 0.3) is 10.4 Å². The highest BCUT2D eigenvalue weighted by atomic mass is 35.5. The van der Waals surface area contributed by atoms with Gasteiger partial charge in [0, 0.05) is 27.4 Å². The van der Waals surface area contributed by atoms with Gasteiger partial charge >= 0.3 is 5.97 Å². The van der Waals surface area contributed by atoms with Gasteiger partial charge in [0.2, 0.25) is 5.91 Å². The van der Waals surface area contributed by atoms with Gasteiger partial charge in [-0.3, -0.25) is 14.4 Å². The number of thiophene rings is 1. The Morgan fingerprint density at radius 3 is 2.29 bits per heavy atom. The predicted octanol–water partition coefficient (Wildman–Crippen LogP) is 5.17. The molecule has 0 aliphatic heterocycles. The Morgan fingerprint density at radius 1 is 1.03 bits per heavy atom. The first-order valence-electron chi connectivity index (χ1n) is 10.9. The number of carbonyl (C=O) groups is 3. The van der Waals surface area contributed by atoms with Gasteiger partial charge in [0.1, 0.15) is 6.04 Å². The number of rotatable bonds is 10. The van der Waals surface area contributed by atoms with Gasteiger partial charge in [-0.25, -0.2) is 0 Å². The van der Waals surface area contributed by atoms with Gasteiger partial charge in [-0.2, -0.15) is 0 Å². The van der Waals surface area contributed by atoms with Crippen LogP contribution in [0, 0.1) is 0 Å². The first-order valence-corrected chi connectivity index (χ1v) is 12.1. The van der Waals surface area contributed by atoms with E-state index in [0.717, 1.165) is 16.0 Å². The number of hydrogen-bond donors (Lipinski definition) is 3. The SMILES string of the molecule is CC(C)(Cc1ccc(Cl)cc1)NC(=O)[C@H](CCC(=O)O)NC(=O)c1ccc(-c2cccs2)cc1. The summed E-state index contributed by atoms with van der Waals surface area (Å²) < 4.78 is 0. The summed E-state index contributed by atoms with van der Waals surface area (Å²) in [4.78, 5) is 38.1. The molecule has 3 rings (SSSR count). The number of aliphatic carboxylic acids is 1. The molecule has 1 atom stereocenters. The second kappa shape index (κ2) is 11.3. The van der Waals surface area contributed by atoms with E-state index in [1.165, 1.54) is 0 Å². The first-order chi connectivity index (χ1) is 16.1. The fourth-order valence-corrected chi connectivity index (χ4v) is 4.44. The fraction of sp³-hybridized carbons (Fsp3) is 0.269. The van der Waals surface area contributed by atoms with E-state index in [-0.39, 0.29) is 12.8 Å². The number of carboxylic acid groups (broad SMARTS) is 1. The molecule has 0 saturated carbocycles. The van der Waals surface area contributed by atoms with Crippen molar-refractivity contribution in [1.82, 2.24) is 10.6 Å². The zero-order valence-corrected chi connectivity index (χ0v) is 20.6. The van der Waals surface area contributed by atoms with Gasteiger partial charge in [0.25, 0.3) is 5.91 Å². The normalized spacial score (nSPS) is 12.1.